The van der Waals surface area contributed by atoms with E-state index >= 15 is 0 Å². The van der Waals surface area contributed by atoms with Crippen LogP contribution in [0.5, 0.6) is 0 Å². The number of carbonyl (C=O) groups excluding carboxylic acids is 2. The highest BCUT2D eigenvalue weighted by molar-refractivity contribution is 6.30. The highest BCUT2D eigenvalue weighted by Gasteiger charge is 2.42. The quantitative estimate of drug-likeness (QED) is 0.160. The van der Waals surface area contributed by atoms with Crippen molar-refractivity contribution in [2.45, 2.75) is 89.5 Å². The van der Waals surface area contributed by atoms with Crippen molar-refractivity contribution in [3.8, 4) is 0 Å². The number of benzene rings is 1. The number of carbonyl (C=O) groups is 2. The lowest BCUT2D eigenvalue weighted by atomic mass is 10.1. The van der Waals surface area contributed by atoms with Gasteiger partial charge in [-0.15, -0.1) is 0 Å². The second-order valence-electron chi connectivity index (χ2n) is 12.2. The van der Waals surface area contributed by atoms with Gasteiger partial charge in [0.1, 0.15) is 24.3 Å². The van der Waals surface area contributed by atoms with Crippen molar-refractivity contribution in [1.82, 2.24) is 30.5 Å². The summed E-state index contributed by atoms with van der Waals surface area (Å²) in [6.07, 6.45) is -14.0. The average Bonchev–Trinajstić information content (AvgIpc) is 3.40. The van der Waals surface area contributed by atoms with E-state index in [4.69, 9.17) is 30.5 Å². The van der Waals surface area contributed by atoms with Crippen molar-refractivity contribution in [2.75, 3.05) is 20.3 Å². The minimum absolute atomic E-state index is 0.0186. The van der Waals surface area contributed by atoms with Crippen molar-refractivity contribution >= 4 is 29.4 Å². The lowest BCUT2D eigenvalue weighted by Gasteiger charge is -2.29. The van der Waals surface area contributed by atoms with Crippen LogP contribution in [0.1, 0.15) is 63.5 Å². The van der Waals surface area contributed by atoms with E-state index in [0.29, 0.717) is 5.56 Å². The van der Waals surface area contributed by atoms with E-state index in [1.54, 1.807) is 51.1 Å². The van der Waals surface area contributed by atoms with Gasteiger partial charge in [0.05, 0.1) is 30.6 Å². The molecule has 2 heterocycles. The SMILES string of the molecule is COC[C@@H](NC[C@H](NC(=O)OCc1ccccc1)C(F)(F)F)c1cc2nc([C@@H](NC(=O)OC(C)(C)C)[C@@H](C)O[C@H](C)C(F)(F)F)cn2nc1Cl. The minimum Gasteiger partial charge on any atom is -0.445 e. The first-order chi connectivity index (χ1) is 23.2. The number of hydrogen-bond donors (Lipinski definition) is 3. The molecule has 0 fully saturated rings. The number of fused-ring (bicyclic) bond motifs is 1. The molecule has 5 atom stereocenters. The molecule has 0 saturated heterocycles. The molecule has 0 bridgehead atoms. The van der Waals surface area contributed by atoms with E-state index in [9.17, 15) is 35.9 Å². The fourth-order valence-corrected chi connectivity index (χ4v) is 4.78. The number of alkyl halides is 6. The molecule has 2 aromatic heterocycles. The predicted molar refractivity (Wildman–Crippen MR) is 168 cm³/mol. The number of aromatic nitrogens is 3. The van der Waals surface area contributed by atoms with Gasteiger partial charge in [-0.05, 0) is 46.2 Å². The maximum Gasteiger partial charge on any atom is 0.414 e. The van der Waals surface area contributed by atoms with Crippen LogP contribution in [0.15, 0.2) is 42.6 Å². The molecule has 0 radical (unpaired) electrons. The smallest absolute Gasteiger partial charge is 0.414 e. The van der Waals surface area contributed by atoms with Gasteiger partial charge in [0.25, 0.3) is 0 Å². The van der Waals surface area contributed by atoms with Crippen LogP contribution in [-0.2, 0) is 25.6 Å². The normalized spacial score (nSPS) is 15.5. The third-order valence-corrected chi connectivity index (χ3v) is 7.26. The summed E-state index contributed by atoms with van der Waals surface area (Å²) < 4.78 is 103. The molecular weight excluding hydrogens is 702 g/mol. The second kappa shape index (κ2) is 16.9. The number of amides is 2. The second-order valence-corrected chi connectivity index (χ2v) is 12.6. The van der Waals surface area contributed by atoms with Crippen LogP contribution < -0.4 is 16.0 Å². The maximum absolute atomic E-state index is 13.9. The third-order valence-electron chi connectivity index (χ3n) is 6.97. The van der Waals surface area contributed by atoms with Crippen molar-refractivity contribution in [2.24, 2.45) is 0 Å². The fraction of sp³-hybridized carbons (Fsp3) is 0.548. The molecule has 12 nitrogen and oxygen atoms in total. The summed E-state index contributed by atoms with van der Waals surface area (Å²) in [6.45, 7) is 5.65. The maximum atomic E-state index is 13.9. The number of imidazole rings is 1. The van der Waals surface area contributed by atoms with E-state index in [1.807, 2.05) is 5.32 Å². The van der Waals surface area contributed by atoms with Crippen molar-refractivity contribution in [1.29, 1.82) is 0 Å². The first-order valence-electron chi connectivity index (χ1n) is 15.2. The van der Waals surface area contributed by atoms with Gasteiger partial charge >= 0.3 is 24.5 Å². The van der Waals surface area contributed by atoms with Crippen molar-refractivity contribution in [3.05, 3.63) is 64.6 Å². The molecule has 0 aliphatic carbocycles. The van der Waals surface area contributed by atoms with Crippen LogP contribution in [0.2, 0.25) is 5.15 Å². The first-order valence-corrected chi connectivity index (χ1v) is 15.6. The Kier molecular flexibility index (Phi) is 13.7. The standard InChI is InChI=1S/C31H39ClF6N6O6/c1-17(49-18(2)30(33,34)35)25(42-28(46)50-29(3,4)5)21-14-44-24(40-21)12-20(26(32)43-44)22(16-47-6)39-13-23(31(36,37)38)41-27(45)48-15-19-10-8-7-9-11-19/h7-12,14,17-18,22-23,25,39H,13,15-16H2,1-6H3,(H,41,45)(H,42,46)/t17-,18-,22-,23+,25+/m1/s1. The molecule has 3 rings (SSSR count). The van der Waals surface area contributed by atoms with Gasteiger partial charge in [-0.3, -0.25) is 0 Å². The molecule has 0 unspecified atom stereocenters. The van der Waals surface area contributed by atoms with Gasteiger partial charge in [-0.25, -0.2) is 19.1 Å². The highest BCUT2D eigenvalue weighted by atomic mass is 35.5. The van der Waals surface area contributed by atoms with Crippen molar-refractivity contribution < 1.29 is 54.9 Å². The lowest BCUT2D eigenvalue weighted by Crippen LogP contribution is -2.52. The summed E-state index contributed by atoms with van der Waals surface area (Å²) in [5, 5.41) is 11.0. The van der Waals surface area contributed by atoms with E-state index in [-0.39, 0.29) is 35.3 Å². The Hall–Kier alpha value is -3.87. The van der Waals surface area contributed by atoms with Gasteiger partial charge in [-0.2, -0.15) is 31.4 Å². The van der Waals surface area contributed by atoms with Crippen LogP contribution in [0.4, 0.5) is 35.9 Å². The first kappa shape index (κ1) is 40.6. The number of rotatable bonds is 14. The van der Waals surface area contributed by atoms with E-state index in [1.165, 1.54) is 30.8 Å². The topological polar surface area (TPSA) is 137 Å². The number of alkyl carbamates (subject to hydrolysis) is 2. The molecule has 0 saturated carbocycles. The van der Waals surface area contributed by atoms with Crippen molar-refractivity contribution in [3.63, 3.8) is 0 Å². The molecule has 0 aliphatic rings. The highest BCUT2D eigenvalue weighted by Crippen LogP contribution is 2.30. The van der Waals surface area contributed by atoms with E-state index in [0.717, 1.165) is 6.92 Å². The predicted octanol–water partition coefficient (Wildman–Crippen LogP) is 6.44. The van der Waals surface area contributed by atoms with Crippen LogP contribution in [-0.4, -0.2) is 83.2 Å². The summed E-state index contributed by atoms with van der Waals surface area (Å²) >= 11 is 6.44. The molecule has 0 aliphatic heterocycles. The van der Waals surface area contributed by atoms with Gasteiger partial charge in [0.15, 0.2) is 16.9 Å². The summed E-state index contributed by atoms with van der Waals surface area (Å²) in [7, 11) is 1.30. The summed E-state index contributed by atoms with van der Waals surface area (Å²) in [4.78, 5) is 29.3. The van der Waals surface area contributed by atoms with Crippen LogP contribution >= 0.6 is 11.6 Å². The van der Waals surface area contributed by atoms with Gasteiger partial charge in [0.2, 0.25) is 0 Å². The van der Waals surface area contributed by atoms with Crippen LogP contribution in [0, 0.1) is 0 Å². The molecule has 2 amide bonds. The lowest BCUT2D eigenvalue weighted by molar-refractivity contribution is -0.227. The molecule has 50 heavy (non-hydrogen) atoms. The molecule has 1 aromatic carbocycles. The zero-order valence-electron chi connectivity index (χ0n) is 28.0. The zero-order chi connectivity index (χ0) is 37.4. The minimum atomic E-state index is -4.88. The molecule has 3 aromatic rings. The molecule has 278 valence electrons. The molecule has 0 spiro atoms. The fourth-order valence-electron chi connectivity index (χ4n) is 4.51. The van der Waals surface area contributed by atoms with Crippen LogP contribution in [0.3, 0.4) is 0 Å². The number of methoxy groups -OCH3 is 1. The van der Waals surface area contributed by atoms with Gasteiger partial charge < -0.3 is 34.9 Å². The number of halogens is 7. The van der Waals surface area contributed by atoms with Gasteiger partial charge in [0, 0.05) is 19.2 Å². The number of ether oxygens (including phenoxy) is 4. The van der Waals surface area contributed by atoms with Gasteiger partial charge in [-0.1, -0.05) is 41.9 Å². The molecular formula is C31H39ClF6N6O6. The third kappa shape index (κ3) is 12.2. The molecule has 3 N–H and O–H groups in total. The molecule has 19 heteroatoms. The zero-order valence-corrected chi connectivity index (χ0v) is 28.7. The largest absolute Gasteiger partial charge is 0.445 e. The number of hydrogen-bond acceptors (Lipinski definition) is 9. The van der Waals surface area contributed by atoms with E-state index < -0.39 is 67.0 Å². The summed E-state index contributed by atoms with van der Waals surface area (Å²) in [5.74, 6) is 0. The Labute approximate surface area is 289 Å². The Morgan fingerprint density at radius 2 is 1.64 bits per heavy atom. The Balaban J connectivity index is 1.86. The Morgan fingerprint density at radius 3 is 2.22 bits per heavy atom. The Bertz CT molecular complexity index is 1570. The summed E-state index contributed by atoms with van der Waals surface area (Å²) in [6, 6.07) is 5.11. The number of nitrogens with zero attached hydrogens (tertiary/aromatic N) is 3. The Morgan fingerprint density at radius 1 is 0.980 bits per heavy atom. The van der Waals surface area contributed by atoms with E-state index in [2.05, 4.69) is 20.7 Å². The monoisotopic (exact) mass is 740 g/mol. The summed E-state index contributed by atoms with van der Waals surface area (Å²) in [5.41, 5.74) is -0.117. The average molecular weight is 741 g/mol. The number of nitrogens with one attached hydrogen (secondary N) is 3. The van der Waals surface area contributed by atoms with Crippen LogP contribution in [0.25, 0.3) is 5.65 Å².